The summed E-state index contributed by atoms with van der Waals surface area (Å²) in [4.78, 5) is 36.1. The molecule has 0 radical (unpaired) electrons. The van der Waals surface area contributed by atoms with Crippen LogP contribution in [0.3, 0.4) is 0 Å². The van der Waals surface area contributed by atoms with Gasteiger partial charge < -0.3 is 5.32 Å². The predicted octanol–water partition coefficient (Wildman–Crippen LogP) is 3.01. The van der Waals surface area contributed by atoms with Gasteiger partial charge in [0.1, 0.15) is 5.25 Å². The quantitative estimate of drug-likeness (QED) is 0.620. The molecule has 8 nitrogen and oxygen atoms in total. The Kier molecular flexibility index (Phi) is 4.99. The third kappa shape index (κ3) is 3.72. The summed E-state index contributed by atoms with van der Waals surface area (Å²) < 4.78 is 0. The standard InChI is InChI=1S/C17H14N4O4S/c18-17-20(12-4-2-1-3-5-12)16(23)14(26-17)10-15(22)19-11-6-8-13(9-7-11)21(24)25/h1-9,14,18H,10H2,(H,19,22)/t14-/m1/s1. The van der Waals surface area contributed by atoms with Gasteiger partial charge >= 0.3 is 0 Å². The lowest BCUT2D eigenvalue weighted by Crippen LogP contribution is -2.33. The number of carbonyl (C=O) groups excluding carboxylic acids is 2. The number of hydrogen-bond acceptors (Lipinski definition) is 6. The summed E-state index contributed by atoms with van der Waals surface area (Å²) in [6.45, 7) is 0. The number of thioether (sulfide) groups is 1. The molecule has 2 N–H and O–H groups in total. The minimum atomic E-state index is -0.680. The number of amides is 2. The summed E-state index contributed by atoms with van der Waals surface area (Å²) in [7, 11) is 0. The Bertz CT molecular complexity index is 870. The highest BCUT2D eigenvalue weighted by molar-refractivity contribution is 8.16. The molecular weight excluding hydrogens is 356 g/mol. The van der Waals surface area contributed by atoms with Crippen LogP contribution in [0.25, 0.3) is 0 Å². The van der Waals surface area contributed by atoms with Crippen molar-refractivity contribution < 1.29 is 14.5 Å². The highest BCUT2D eigenvalue weighted by atomic mass is 32.2. The van der Waals surface area contributed by atoms with Crippen LogP contribution in [0.5, 0.6) is 0 Å². The van der Waals surface area contributed by atoms with Crippen molar-refractivity contribution in [2.45, 2.75) is 11.7 Å². The average molecular weight is 370 g/mol. The van der Waals surface area contributed by atoms with Crippen molar-refractivity contribution in [2.75, 3.05) is 10.2 Å². The molecule has 3 rings (SSSR count). The number of hydrogen-bond donors (Lipinski definition) is 2. The van der Waals surface area contributed by atoms with Crippen LogP contribution < -0.4 is 10.2 Å². The maximum absolute atomic E-state index is 12.5. The van der Waals surface area contributed by atoms with Gasteiger partial charge in [-0.3, -0.25) is 30.0 Å². The average Bonchev–Trinajstić information content (AvgIpc) is 2.89. The molecule has 26 heavy (non-hydrogen) atoms. The Morgan fingerprint density at radius 2 is 1.85 bits per heavy atom. The van der Waals surface area contributed by atoms with E-state index in [1.54, 1.807) is 24.3 Å². The number of benzene rings is 2. The zero-order valence-corrected chi connectivity index (χ0v) is 14.2. The molecule has 1 atom stereocenters. The first kappa shape index (κ1) is 17.6. The molecule has 0 unspecified atom stereocenters. The van der Waals surface area contributed by atoms with Crippen molar-refractivity contribution in [1.82, 2.24) is 0 Å². The summed E-state index contributed by atoms with van der Waals surface area (Å²) in [5.74, 6) is -0.711. The summed E-state index contributed by atoms with van der Waals surface area (Å²) in [5.41, 5.74) is 0.927. The summed E-state index contributed by atoms with van der Waals surface area (Å²) in [6, 6.07) is 14.3. The number of nitro groups is 1. The monoisotopic (exact) mass is 370 g/mol. The van der Waals surface area contributed by atoms with Gasteiger partial charge in [-0.25, -0.2) is 0 Å². The molecule has 2 aromatic rings. The van der Waals surface area contributed by atoms with E-state index in [9.17, 15) is 19.7 Å². The Hall–Kier alpha value is -3.20. The van der Waals surface area contributed by atoms with Gasteiger partial charge in [-0.2, -0.15) is 0 Å². The number of nitrogens with one attached hydrogen (secondary N) is 2. The van der Waals surface area contributed by atoms with Crippen LogP contribution in [0.4, 0.5) is 17.1 Å². The lowest BCUT2D eigenvalue weighted by Gasteiger charge is -2.15. The molecule has 132 valence electrons. The van der Waals surface area contributed by atoms with Crippen LogP contribution in [0, 0.1) is 15.5 Å². The van der Waals surface area contributed by atoms with Crippen molar-refractivity contribution in [1.29, 1.82) is 5.41 Å². The Balaban J connectivity index is 1.63. The van der Waals surface area contributed by atoms with E-state index >= 15 is 0 Å². The number of anilines is 2. The van der Waals surface area contributed by atoms with E-state index in [1.807, 2.05) is 6.07 Å². The van der Waals surface area contributed by atoms with Gasteiger partial charge in [0.2, 0.25) is 11.8 Å². The van der Waals surface area contributed by atoms with E-state index in [2.05, 4.69) is 5.32 Å². The molecule has 1 heterocycles. The number of amidine groups is 1. The minimum absolute atomic E-state index is 0.0727. The lowest BCUT2D eigenvalue weighted by atomic mass is 10.2. The normalized spacial score (nSPS) is 16.6. The van der Waals surface area contributed by atoms with E-state index in [0.717, 1.165) is 11.8 Å². The first-order valence-corrected chi connectivity index (χ1v) is 8.52. The fourth-order valence-corrected chi connectivity index (χ4v) is 3.49. The molecule has 1 aliphatic rings. The van der Waals surface area contributed by atoms with Crippen molar-refractivity contribution in [2.24, 2.45) is 0 Å². The maximum Gasteiger partial charge on any atom is 0.269 e. The zero-order chi connectivity index (χ0) is 18.7. The third-order valence-corrected chi connectivity index (χ3v) is 4.76. The van der Waals surface area contributed by atoms with Crippen LogP contribution in [-0.4, -0.2) is 27.2 Å². The molecule has 2 aromatic carbocycles. The summed E-state index contributed by atoms with van der Waals surface area (Å²) in [5, 5.41) is 20.6. The Morgan fingerprint density at radius 3 is 2.46 bits per heavy atom. The Morgan fingerprint density at radius 1 is 1.19 bits per heavy atom. The van der Waals surface area contributed by atoms with Crippen molar-refractivity contribution in [3.05, 3.63) is 64.7 Å². The molecule has 0 saturated carbocycles. The molecule has 1 aliphatic heterocycles. The van der Waals surface area contributed by atoms with Gasteiger partial charge in [-0.05, 0) is 24.3 Å². The zero-order valence-electron chi connectivity index (χ0n) is 13.4. The van der Waals surface area contributed by atoms with Crippen LogP contribution >= 0.6 is 11.8 Å². The summed E-state index contributed by atoms with van der Waals surface area (Å²) in [6.07, 6.45) is -0.0911. The van der Waals surface area contributed by atoms with Gasteiger partial charge in [-0.1, -0.05) is 30.0 Å². The van der Waals surface area contributed by atoms with Crippen molar-refractivity contribution >= 4 is 45.8 Å². The highest BCUT2D eigenvalue weighted by Gasteiger charge is 2.39. The topological polar surface area (TPSA) is 116 Å². The number of carbonyl (C=O) groups is 2. The van der Waals surface area contributed by atoms with E-state index in [0.29, 0.717) is 11.4 Å². The van der Waals surface area contributed by atoms with Gasteiger partial charge in [0.25, 0.3) is 5.69 Å². The van der Waals surface area contributed by atoms with Crippen molar-refractivity contribution in [3.63, 3.8) is 0 Å². The van der Waals surface area contributed by atoms with Crippen LogP contribution in [0.2, 0.25) is 0 Å². The van der Waals surface area contributed by atoms with E-state index in [1.165, 1.54) is 29.2 Å². The van der Waals surface area contributed by atoms with Gasteiger partial charge in [-0.15, -0.1) is 0 Å². The lowest BCUT2D eigenvalue weighted by molar-refractivity contribution is -0.384. The number of para-hydroxylation sites is 1. The molecule has 1 fully saturated rings. The molecule has 9 heteroatoms. The van der Waals surface area contributed by atoms with Gasteiger partial charge in [0.05, 0.1) is 10.6 Å². The molecule has 2 amide bonds. The fourth-order valence-electron chi connectivity index (χ4n) is 2.48. The molecule has 0 spiro atoms. The van der Waals surface area contributed by atoms with E-state index < -0.39 is 16.1 Å². The van der Waals surface area contributed by atoms with E-state index in [-0.39, 0.29) is 23.2 Å². The number of non-ortho nitro benzene ring substituents is 1. The number of nitrogens with zero attached hydrogens (tertiary/aromatic N) is 2. The molecule has 0 bridgehead atoms. The largest absolute Gasteiger partial charge is 0.326 e. The SMILES string of the molecule is N=C1S[C@H](CC(=O)Nc2ccc([N+](=O)[O-])cc2)C(=O)N1c1ccccc1. The fraction of sp³-hybridized carbons (Fsp3) is 0.118. The first-order chi connectivity index (χ1) is 12.5. The minimum Gasteiger partial charge on any atom is -0.326 e. The van der Waals surface area contributed by atoms with Crippen LogP contribution in [-0.2, 0) is 9.59 Å². The summed E-state index contributed by atoms with van der Waals surface area (Å²) >= 11 is 1.03. The van der Waals surface area contributed by atoms with Crippen LogP contribution in [0.1, 0.15) is 6.42 Å². The van der Waals surface area contributed by atoms with Crippen LogP contribution in [0.15, 0.2) is 54.6 Å². The Labute approximate surface area is 152 Å². The molecule has 1 saturated heterocycles. The smallest absolute Gasteiger partial charge is 0.269 e. The maximum atomic E-state index is 12.5. The van der Waals surface area contributed by atoms with E-state index in [4.69, 9.17) is 5.41 Å². The number of nitro benzene ring substituents is 1. The second-order valence-corrected chi connectivity index (χ2v) is 6.67. The molecule has 0 aromatic heterocycles. The van der Waals surface area contributed by atoms with Crippen molar-refractivity contribution in [3.8, 4) is 0 Å². The second kappa shape index (κ2) is 7.36. The molecule has 0 aliphatic carbocycles. The van der Waals surface area contributed by atoms with Gasteiger partial charge in [0.15, 0.2) is 5.17 Å². The highest BCUT2D eigenvalue weighted by Crippen LogP contribution is 2.32. The predicted molar refractivity (Wildman–Crippen MR) is 99.4 cm³/mol. The third-order valence-electron chi connectivity index (χ3n) is 3.70. The first-order valence-electron chi connectivity index (χ1n) is 7.64. The second-order valence-electron chi connectivity index (χ2n) is 5.48. The number of rotatable bonds is 5. The molecular formula is C17H14N4O4S. The van der Waals surface area contributed by atoms with Gasteiger partial charge in [0, 0.05) is 24.2 Å².